The topological polar surface area (TPSA) is 17.1 Å². The van der Waals surface area contributed by atoms with E-state index in [1.165, 1.54) is 0 Å². The van der Waals surface area contributed by atoms with Gasteiger partial charge in [0.05, 0.1) is 44.5 Å². The number of rotatable bonds is 7. The highest BCUT2D eigenvalue weighted by Crippen LogP contribution is 2.42. The van der Waals surface area contributed by atoms with Gasteiger partial charge in [-0.1, -0.05) is 130 Å². The predicted octanol–water partition coefficient (Wildman–Crippen LogP) is 16.4. The van der Waals surface area contributed by atoms with E-state index in [0.29, 0.717) is 11.3 Å². The fraction of sp³-hybridized carbons (Fsp3) is 0.234. The fourth-order valence-electron chi connectivity index (χ4n) is 7.97. The van der Waals surface area contributed by atoms with Crippen molar-refractivity contribution in [2.24, 2.45) is 0 Å². The highest BCUT2D eigenvalue weighted by Gasteiger charge is 2.47. The van der Waals surface area contributed by atoms with Crippen molar-refractivity contribution >= 4 is 72.7 Å². The molecule has 1 nitrogen and oxygen atoms in total. The Balaban J connectivity index is 0.000000455. The molecule has 0 fully saturated rings. The first-order valence-corrected chi connectivity index (χ1v) is 23.9. The lowest BCUT2D eigenvalue weighted by Gasteiger charge is -2.46. The third kappa shape index (κ3) is 14.9. The van der Waals surface area contributed by atoms with Crippen molar-refractivity contribution in [1.82, 2.24) is 0 Å². The van der Waals surface area contributed by atoms with Crippen LogP contribution >= 0.6 is 34.8 Å². The molecule has 0 amide bonds. The average Bonchev–Trinajstić information content (AvgIpc) is 3.27. The molecular formula is C47H26BCl3F24OS. The summed E-state index contributed by atoms with van der Waals surface area (Å²) in [7, 11) is -2.11. The maximum atomic E-state index is 14.2. The summed E-state index contributed by atoms with van der Waals surface area (Å²) >= 11 is 17.4. The fourth-order valence-corrected chi connectivity index (χ4v) is 10.1. The second-order valence-electron chi connectivity index (χ2n) is 16.9. The summed E-state index contributed by atoms with van der Waals surface area (Å²) in [4.78, 5) is 0.852. The highest BCUT2D eigenvalue weighted by atomic mass is 35.6. The van der Waals surface area contributed by atoms with Crippen molar-refractivity contribution in [3.05, 3.63) is 183 Å². The van der Waals surface area contributed by atoms with Crippen LogP contribution in [0.25, 0.3) is 0 Å². The van der Waals surface area contributed by atoms with Crippen molar-refractivity contribution in [2.45, 2.75) is 63.9 Å². The Kier molecular flexibility index (Phi) is 17.1. The number of benzene rings is 6. The molecule has 6 rings (SSSR count). The molecule has 1 atom stereocenters. The van der Waals surface area contributed by atoms with Gasteiger partial charge in [0.1, 0.15) is 28.1 Å². The van der Waals surface area contributed by atoms with Crippen molar-refractivity contribution in [3.63, 3.8) is 0 Å². The van der Waals surface area contributed by atoms with E-state index >= 15 is 0 Å². The number of halogens is 27. The normalized spacial score (nSPS) is 14.4. The number of hydrogen-bond acceptors (Lipinski definition) is 1. The molecule has 0 spiro atoms. The molecule has 0 radical (unpaired) electrons. The summed E-state index contributed by atoms with van der Waals surface area (Å²) in [5, 5.41) is 0. The molecule has 30 heteroatoms. The van der Waals surface area contributed by atoms with Crippen LogP contribution in [0.5, 0.6) is 0 Å². The standard InChI is InChI=1S/C32H12BF24.C15H14Cl3OS/c34-25(35,36)13-1-14(26(37,38)39)6-21(5-13)33(22-7-15(27(40,41)42)2-16(8-22)28(43,44)45,23-9-17(29(46,47)48)3-18(10-23)30(49,50)51)24-11-19(31(52,53)54)4-20(12-24)32(55,56)57;1-20(19,14-5-3-2-4-6-14)11-12-7-9-13(10-8-12)15(16,17)18/h1-12H;2-10H,11H2,1H3/q-1;+1. The summed E-state index contributed by atoms with van der Waals surface area (Å²) in [5.74, 6) is 0.469. The lowest BCUT2D eigenvalue weighted by molar-refractivity contribution is -0.144. The molecule has 0 aromatic heterocycles. The van der Waals surface area contributed by atoms with E-state index in [1.807, 2.05) is 42.5 Å². The molecule has 0 heterocycles. The molecule has 0 bridgehead atoms. The van der Waals surface area contributed by atoms with Crippen LogP contribution in [-0.4, -0.2) is 12.4 Å². The number of alkyl halides is 27. The zero-order chi connectivity index (χ0) is 58.7. The molecule has 1 unspecified atom stereocenters. The molecule has 0 saturated heterocycles. The van der Waals surface area contributed by atoms with Gasteiger partial charge in [-0.3, -0.25) is 0 Å². The van der Waals surface area contributed by atoms with Gasteiger partial charge in [-0.05, 0) is 36.4 Å². The van der Waals surface area contributed by atoms with Crippen LogP contribution in [0.1, 0.15) is 55.6 Å². The third-order valence-electron chi connectivity index (χ3n) is 11.4. The molecule has 6 aromatic carbocycles. The molecular weight excluding hydrogens is 1190 g/mol. The predicted molar refractivity (Wildman–Crippen MR) is 238 cm³/mol. The lowest BCUT2D eigenvalue weighted by Crippen LogP contribution is -2.75. The van der Waals surface area contributed by atoms with Crippen molar-refractivity contribution < 1.29 is 110 Å². The molecule has 0 aliphatic carbocycles. The van der Waals surface area contributed by atoms with E-state index < -0.39 is 208 Å². The maximum absolute atomic E-state index is 14.2. The highest BCUT2D eigenvalue weighted by molar-refractivity contribution is 8.01. The monoisotopic (exact) mass is 1210 g/mol. The summed E-state index contributed by atoms with van der Waals surface area (Å²) in [6, 6.07) is 7.87. The summed E-state index contributed by atoms with van der Waals surface area (Å²) in [5.41, 5.74) is -28.6. The summed E-state index contributed by atoms with van der Waals surface area (Å²) in [6.45, 7) is 0. The first-order chi connectivity index (χ1) is 34.6. The zero-order valence-electron chi connectivity index (χ0n) is 37.4. The minimum absolute atomic E-state index is 0.469. The van der Waals surface area contributed by atoms with Gasteiger partial charge < -0.3 is 0 Å². The van der Waals surface area contributed by atoms with E-state index in [4.69, 9.17) is 34.8 Å². The Morgan fingerprint density at radius 2 is 0.558 bits per heavy atom. The van der Waals surface area contributed by atoms with Gasteiger partial charge in [-0.15, -0.1) is 0 Å². The summed E-state index contributed by atoms with van der Waals surface area (Å²) < 4.78 is 352. The summed E-state index contributed by atoms with van der Waals surface area (Å²) in [6.07, 6.45) is -53.0. The van der Waals surface area contributed by atoms with E-state index in [-0.39, 0.29) is 0 Å². The van der Waals surface area contributed by atoms with E-state index in [0.717, 1.165) is 10.5 Å². The molecule has 77 heavy (non-hydrogen) atoms. The third-order valence-corrected chi connectivity index (χ3v) is 14.2. The second kappa shape index (κ2) is 21.1. The molecule has 0 aliphatic heterocycles. The van der Waals surface area contributed by atoms with E-state index in [1.54, 1.807) is 18.4 Å². The Labute approximate surface area is 434 Å². The van der Waals surface area contributed by atoms with Gasteiger partial charge in [0, 0.05) is 11.1 Å². The van der Waals surface area contributed by atoms with E-state index in [9.17, 15) is 110 Å². The second-order valence-corrected chi connectivity index (χ2v) is 21.9. The number of hydrogen-bond donors (Lipinski definition) is 0. The van der Waals surface area contributed by atoms with Gasteiger partial charge in [0.2, 0.25) is 3.79 Å². The van der Waals surface area contributed by atoms with Crippen molar-refractivity contribution in [1.29, 1.82) is 0 Å². The van der Waals surface area contributed by atoms with Crippen LogP contribution in [0.4, 0.5) is 105 Å². The Morgan fingerprint density at radius 1 is 0.338 bits per heavy atom. The van der Waals surface area contributed by atoms with Gasteiger partial charge >= 0.3 is 49.4 Å². The van der Waals surface area contributed by atoms with Crippen LogP contribution in [0.15, 0.2) is 132 Å². The Hall–Kier alpha value is -5.28. The quantitative estimate of drug-likeness (QED) is 0.0674. The van der Waals surface area contributed by atoms with Crippen LogP contribution in [-0.2, 0) is 73.1 Å². The first kappa shape index (κ1) is 62.6. The van der Waals surface area contributed by atoms with Gasteiger partial charge in [0.25, 0.3) is 0 Å². The SMILES string of the molecule is C[S+](=O)(Cc1ccc(C(Cl)(Cl)Cl)cc1)c1ccccc1.FC(F)(F)c1cc([B-](c2cc(C(F)(F)F)cc(C(F)(F)F)c2)(c2cc(C(F)(F)F)cc(C(F)(F)F)c2)c2cc(C(F)(F)F)cc(C(F)(F)F)c2)cc(C(F)(F)F)c1. The lowest BCUT2D eigenvalue weighted by atomic mass is 9.12. The van der Waals surface area contributed by atoms with Crippen LogP contribution in [0.3, 0.4) is 0 Å². The zero-order valence-corrected chi connectivity index (χ0v) is 40.5. The van der Waals surface area contributed by atoms with Crippen LogP contribution in [0.2, 0.25) is 0 Å². The van der Waals surface area contributed by atoms with Gasteiger partial charge in [-0.2, -0.15) is 127 Å². The van der Waals surface area contributed by atoms with Crippen LogP contribution in [0, 0.1) is 0 Å². The first-order valence-electron chi connectivity index (χ1n) is 20.6. The van der Waals surface area contributed by atoms with Crippen LogP contribution < -0.4 is 21.9 Å². The maximum Gasteiger partial charge on any atom is 0.416 e. The average molecular weight is 1210 g/mol. The molecule has 0 N–H and O–H groups in total. The van der Waals surface area contributed by atoms with Gasteiger partial charge in [-0.25, -0.2) is 0 Å². The largest absolute Gasteiger partial charge is 0.416 e. The molecule has 418 valence electrons. The molecule has 6 aromatic rings. The van der Waals surface area contributed by atoms with Crippen molar-refractivity contribution in [3.8, 4) is 0 Å². The minimum atomic E-state index is -6.13. The molecule has 0 saturated carbocycles. The Morgan fingerprint density at radius 3 is 0.753 bits per heavy atom. The van der Waals surface area contributed by atoms with Gasteiger partial charge in [0.15, 0.2) is 4.90 Å². The smallest absolute Gasteiger partial charge is 0.194 e. The van der Waals surface area contributed by atoms with E-state index in [2.05, 4.69) is 0 Å². The minimum Gasteiger partial charge on any atom is -0.194 e. The Bertz CT molecular complexity index is 2690. The molecule has 0 aliphatic rings. The van der Waals surface area contributed by atoms with Crippen molar-refractivity contribution in [2.75, 3.05) is 6.26 Å².